The van der Waals surface area contributed by atoms with Crippen molar-refractivity contribution in [1.82, 2.24) is 10.2 Å². The second-order valence-electron chi connectivity index (χ2n) is 7.84. The number of carbonyl (C=O) groups is 1. The van der Waals surface area contributed by atoms with Gasteiger partial charge >= 0.3 is 0 Å². The van der Waals surface area contributed by atoms with Crippen molar-refractivity contribution in [3.63, 3.8) is 0 Å². The molecule has 1 N–H and O–H groups in total. The molecule has 6 nitrogen and oxygen atoms in total. The fourth-order valence-corrected chi connectivity index (χ4v) is 4.29. The molecule has 1 amide bonds. The average Bonchev–Trinajstić information content (AvgIpc) is 3.12. The molecule has 0 aromatic carbocycles. The lowest BCUT2D eigenvalue weighted by atomic mass is 9.90. The summed E-state index contributed by atoms with van der Waals surface area (Å²) in [4.78, 5) is 14.9. The summed E-state index contributed by atoms with van der Waals surface area (Å²) in [5, 5.41) is 3.24. The molecule has 2 saturated heterocycles. The van der Waals surface area contributed by atoms with E-state index in [1.165, 1.54) is 12.8 Å². The zero-order chi connectivity index (χ0) is 16.4. The van der Waals surface area contributed by atoms with Crippen molar-refractivity contribution in [2.24, 2.45) is 5.92 Å². The Morgan fingerprint density at radius 1 is 1.04 bits per heavy atom. The van der Waals surface area contributed by atoms with E-state index >= 15 is 0 Å². The summed E-state index contributed by atoms with van der Waals surface area (Å²) < 4.78 is 17.0. The maximum absolute atomic E-state index is 12.5. The quantitative estimate of drug-likeness (QED) is 0.791. The minimum Gasteiger partial charge on any atom is -0.381 e. The van der Waals surface area contributed by atoms with Crippen LogP contribution in [0, 0.1) is 5.92 Å². The van der Waals surface area contributed by atoms with Crippen molar-refractivity contribution < 1.29 is 19.0 Å². The monoisotopic (exact) mass is 338 g/mol. The van der Waals surface area contributed by atoms with Gasteiger partial charge in [-0.2, -0.15) is 0 Å². The molecule has 0 radical (unpaired) electrons. The van der Waals surface area contributed by atoms with Crippen molar-refractivity contribution in [2.45, 2.75) is 62.8 Å². The highest BCUT2D eigenvalue weighted by Gasteiger charge is 2.41. The van der Waals surface area contributed by atoms with Crippen LogP contribution in [0.15, 0.2) is 0 Å². The number of hydrogen-bond donors (Lipinski definition) is 1. The SMILES string of the molecule is O=C(CN(CC1CCOC1)C1CC1)NC1CCC2(CC1)OCCO2. The number of nitrogens with zero attached hydrogens (tertiary/aromatic N) is 1. The average molecular weight is 338 g/mol. The molecule has 1 atom stereocenters. The number of ether oxygens (including phenoxy) is 3. The van der Waals surface area contributed by atoms with Crippen molar-refractivity contribution in [3.8, 4) is 0 Å². The van der Waals surface area contributed by atoms with Crippen LogP contribution < -0.4 is 5.32 Å². The number of nitrogens with one attached hydrogen (secondary N) is 1. The van der Waals surface area contributed by atoms with E-state index in [0.717, 1.165) is 51.9 Å². The van der Waals surface area contributed by atoms with Gasteiger partial charge in [0.2, 0.25) is 5.91 Å². The van der Waals surface area contributed by atoms with E-state index in [4.69, 9.17) is 14.2 Å². The third-order valence-electron chi connectivity index (χ3n) is 5.85. The van der Waals surface area contributed by atoms with Crippen LogP contribution in [0.1, 0.15) is 44.9 Å². The van der Waals surface area contributed by atoms with Gasteiger partial charge in [-0.15, -0.1) is 0 Å². The molecular formula is C18H30N2O4. The first-order valence-electron chi connectivity index (χ1n) is 9.61. The predicted octanol–water partition coefficient (Wildman–Crippen LogP) is 1.29. The fourth-order valence-electron chi connectivity index (χ4n) is 4.29. The maximum atomic E-state index is 12.5. The molecule has 0 bridgehead atoms. The summed E-state index contributed by atoms with van der Waals surface area (Å²) in [7, 11) is 0. The first-order chi connectivity index (χ1) is 11.7. The molecular weight excluding hydrogens is 308 g/mol. The van der Waals surface area contributed by atoms with E-state index in [0.29, 0.717) is 31.7 Å². The highest BCUT2D eigenvalue weighted by Crippen LogP contribution is 2.35. The molecule has 1 unspecified atom stereocenters. The summed E-state index contributed by atoms with van der Waals surface area (Å²) >= 11 is 0. The van der Waals surface area contributed by atoms with Crippen LogP contribution in [0.3, 0.4) is 0 Å². The van der Waals surface area contributed by atoms with Crippen LogP contribution in [0.25, 0.3) is 0 Å². The summed E-state index contributed by atoms with van der Waals surface area (Å²) in [5.74, 6) is 0.434. The van der Waals surface area contributed by atoms with Gasteiger partial charge < -0.3 is 19.5 Å². The lowest BCUT2D eigenvalue weighted by molar-refractivity contribution is -0.180. The summed E-state index contributed by atoms with van der Waals surface area (Å²) in [6.45, 7) is 4.69. The highest BCUT2D eigenvalue weighted by molar-refractivity contribution is 5.78. The molecule has 2 heterocycles. The van der Waals surface area contributed by atoms with Crippen LogP contribution in [-0.4, -0.2) is 68.2 Å². The largest absolute Gasteiger partial charge is 0.381 e. The summed E-state index contributed by atoms with van der Waals surface area (Å²) in [6, 6.07) is 0.887. The number of hydrogen-bond acceptors (Lipinski definition) is 5. The Kier molecular flexibility index (Phi) is 5.08. The van der Waals surface area contributed by atoms with Gasteiger partial charge in [-0.3, -0.25) is 9.69 Å². The van der Waals surface area contributed by atoms with Gasteiger partial charge in [-0.25, -0.2) is 0 Å². The number of rotatable bonds is 6. The Morgan fingerprint density at radius 2 is 1.79 bits per heavy atom. The smallest absolute Gasteiger partial charge is 0.234 e. The van der Waals surface area contributed by atoms with Gasteiger partial charge in [0.05, 0.1) is 26.4 Å². The molecule has 4 fully saturated rings. The Hall–Kier alpha value is -0.690. The third-order valence-corrected chi connectivity index (χ3v) is 5.85. The predicted molar refractivity (Wildman–Crippen MR) is 88.6 cm³/mol. The molecule has 0 aromatic rings. The van der Waals surface area contributed by atoms with E-state index < -0.39 is 0 Å². The van der Waals surface area contributed by atoms with E-state index in [1.54, 1.807) is 0 Å². The second-order valence-corrected chi connectivity index (χ2v) is 7.84. The van der Waals surface area contributed by atoms with E-state index in [1.807, 2.05) is 0 Å². The minimum absolute atomic E-state index is 0.176. The molecule has 136 valence electrons. The molecule has 2 saturated carbocycles. The summed E-state index contributed by atoms with van der Waals surface area (Å²) in [5.41, 5.74) is 0. The van der Waals surface area contributed by atoms with Crippen LogP contribution >= 0.6 is 0 Å². The van der Waals surface area contributed by atoms with Crippen LogP contribution in [0.2, 0.25) is 0 Å². The Balaban J connectivity index is 1.22. The number of carbonyl (C=O) groups excluding carboxylic acids is 1. The fraction of sp³-hybridized carbons (Fsp3) is 0.944. The maximum Gasteiger partial charge on any atom is 0.234 e. The van der Waals surface area contributed by atoms with E-state index in [-0.39, 0.29) is 17.7 Å². The van der Waals surface area contributed by atoms with Gasteiger partial charge in [-0.1, -0.05) is 0 Å². The molecule has 4 aliphatic rings. The molecule has 4 rings (SSSR count). The van der Waals surface area contributed by atoms with E-state index in [2.05, 4.69) is 10.2 Å². The van der Waals surface area contributed by atoms with Gasteiger partial charge in [-0.05, 0) is 38.0 Å². The molecule has 2 aliphatic carbocycles. The first-order valence-corrected chi connectivity index (χ1v) is 9.61. The second kappa shape index (κ2) is 7.28. The highest BCUT2D eigenvalue weighted by atomic mass is 16.7. The standard InChI is InChI=1S/C18H30N2O4/c21-17(12-20(16-1-2-16)11-14-5-8-22-13-14)19-15-3-6-18(7-4-15)23-9-10-24-18/h14-16H,1-13H2,(H,19,21). The van der Waals surface area contributed by atoms with E-state index in [9.17, 15) is 4.79 Å². The molecule has 2 aliphatic heterocycles. The lowest BCUT2D eigenvalue weighted by Gasteiger charge is -2.36. The Labute approximate surface area is 144 Å². The van der Waals surface area contributed by atoms with Gasteiger partial charge in [0.25, 0.3) is 0 Å². The zero-order valence-corrected chi connectivity index (χ0v) is 14.5. The van der Waals surface area contributed by atoms with Crippen LogP contribution in [0.4, 0.5) is 0 Å². The molecule has 24 heavy (non-hydrogen) atoms. The van der Waals surface area contributed by atoms with Crippen molar-refractivity contribution >= 4 is 5.91 Å². The molecule has 0 aromatic heterocycles. The third kappa shape index (κ3) is 4.10. The van der Waals surface area contributed by atoms with Crippen LogP contribution in [0.5, 0.6) is 0 Å². The molecule has 1 spiro atoms. The van der Waals surface area contributed by atoms with Gasteiger partial charge in [0, 0.05) is 38.1 Å². The van der Waals surface area contributed by atoms with Crippen molar-refractivity contribution in [2.75, 3.05) is 39.5 Å². The Bertz CT molecular complexity index is 432. The lowest BCUT2D eigenvalue weighted by Crippen LogP contribution is -2.47. The van der Waals surface area contributed by atoms with Crippen LogP contribution in [-0.2, 0) is 19.0 Å². The first kappa shape index (κ1) is 16.8. The topological polar surface area (TPSA) is 60.0 Å². The Morgan fingerprint density at radius 3 is 2.42 bits per heavy atom. The van der Waals surface area contributed by atoms with Crippen molar-refractivity contribution in [1.29, 1.82) is 0 Å². The van der Waals surface area contributed by atoms with Gasteiger partial charge in [0.15, 0.2) is 5.79 Å². The normalized spacial score (nSPS) is 30.3. The van der Waals surface area contributed by atoms with Gasteiger partial charge in [0.1, 0.15) is 0 Å². The minimum atomic E-state index is -0.344. The zero-order valence-electron chi connectivity index (χ0n) is 14.5. The van der Waals surface area contributed by atoms with Crippen molar-refractivity contribution in [3.05, 3.63) is 0 Å². The summed E-state index contributed by atoms with van der Waals surface area (Å²) in [6.07, 6.45) is 7.29. The number of amides is 1. The molecule has 6 heteroatoms.